The highest BCUT2D eigenvalue weighted by atomic mass is 16.5. The van der Waals surface area contributed by atoms with Crippen LogP contribution < -0.4 is 25.4 Å². The van der Waals surface area contributed by atoms with Gasteiger partial charge in [-0.25, -0.2) is 4.99 Å². The molecular formula is C25H36N4O3. The number of unbranched alkanes of at least 4 members (excludes halogenated alkanes) is 1. The molecule has 0 aromatic heterocycles. The van der Waals surface area contributed by atoms with E-state index >= 15 is 0 Å². The van der Waals surface area contributed by atoms with E-state index in [0.717, 1.165) is 30.9 Å². The molecule has 0 fully saturated rings. The lowest BCUT2D eigenvalue weighted by molar-refractivity contribution is -0.123. The minimum atomic E-state index is -0.161. The number of likely N-dealkylation sites (N-methyl/N-ethyl adjacent to an activating group) is 1. The van der Waals surface area contributed by atoms with Crippen LogP contribution in [0.4, 0.5) is 0 Å². The standard InChI is InChI=1S/C25H36N4O3/c1-5-7-14-27-25(28-16-20-10-8-19(3)9-11-20)29-17-21-12-13-22(23(15-21)31-4)32-18-24(30)26-6-2/h8-13,15H,5-7,14,16-18H2,1-4H3,(H,26,30)(H2,27,28,29). The highest BCUT2D eigenvalue weighted by molar-refractivity contribution is 5.79. The topological polar surface area (TPSA) is 84.0 Å². The normalized spacial score (nSPS) is 11.1. The zero-order valence-corrected chi connectivity index (χ0v) is 19.7. The van der Waals surface area contributed by atoms with E-state index in [1.165, 1.54) is 11.1 Å². The Balaban J connectivity index is 2.02. The van der Waals surface area contributed by atoms with Gasteiger partial charge in [0.2, 0.25) is 0 Å². The third-order valence-corrected chi connectivity index (χ3v) is 4.78. The van der Waals surface area contributed by atoms with Crippen LogP contribution >= 0.6 is 0 Å². The summed E-state index contributed by atoms with van der Waals surface area (Å²) in [6, 6.07) is 14.1. The summed E-state index contributed by atoms with van der Waals surface area (Å²) in [4.78, 5) is 16.4. The minimum Gasteiger partial charge on any atom is -0.493 e. The van der Waals surface area contributed by atoms with Gasteiger partial charge in [0.25, 0.3) is 5.91 Å². The van der Waals surface area contributed by atoms with Crippen LogP contribution in [0.15, 0.2) is 47.5 Å². The second-order valence-electron chi connectivity index (χ2n) is 7.51. The van der Waals surface area contributed by atoms with Gasteiger partial charge in [-0.3, -0.25) is 4.79 Å². The smallest absolute Gasteiger partial charge is 0.257 e. The van der Waals surface area contributed by atoms with Gasteiger partial charge in [-0.15, -0.1) is 0 Å². The molecule has 0 saturated heterocycles. The van der Waals surface area contributed by atoms with Crippen molar-refractivity contribution in [2.45, 2.75) is 46.7 Å². The van der Waals surface area contributed by atoms with Crippen molar-refractivity contribution in [3.05, 3.63) is 59.2 Å². The highest BCUT2D eigenvalue weighted by Gasteiger charge is 2.09. The molecular weight excluding hydrogens is 404 g/mol. The Morgan fingerprint density at radius 3 is 2.41 bits per heavy atom. The van der Waals surface area contributed by atoms with E-state index in [-0.39, 0.29) is 12.5 Å². The molecule has 1 amide bonds. The summed E-state index contributed by atoms with van der Waals surface area (Å²) in [6.07, 6.45) is 2.20. The lowest BCUT2D eigenvalue weighted by atomic mass is 10.1. The summed E-state index contributed by atoms with van der Waals surface area (Å²) in [7, 11) is 1.59. The van der Waals surface area contributed by atoms with Gasteiger partial charge in [0.1, 0.15) is 0 Å². The molecule has 0 bridgehead atoms. The Hall–Kier alpha value is -3.22. The summed E-state index contributed by atoms with van der Waals surface area (Å²) < 4.78 is 11.0. The number of carbonyl (C=O) groups excluding carboxylic acids is 1. The fourth-order valence-corrected chi connectivity index (χ4v) is 2.94. The van der Waals surface area contributed by atoms with E-state index < -0.39 is 0 Å². The zero-order chi connectivity index (χ0) is 23.2. The van der Waals surface area contributed by atoms with Crippen molar-refractivity contribution < 1.29 is 14.3 Å². The number of carbonyl (C=O) groups is 1. The maximum Gasteiger partial charge on any atom is 0.257 e. The molecule has 0 aliphatic carbocycles. The van der Waals surface area contributed by atoms with Gasteiger partial charge < -0.3 is 25.4 Å². The molecule has 0 aliphatic rings. The van der Waals surface area contributed by atoms with E-state index in [2.05, 4.69) is 54.1 Å². The molecule has 0 saturated carbocycles. The average Bonchev–Trinajstić information content (AvgIpc) is 2.80. The third kappa shape index (κ3) is 8.88. The third-order valence-electron chi connectivity index (χ3n) is 4.78. The Bertz CT molecular complexity index is 866. The first-order valence-corrected chi connectivity index (χ1v) is 11.2. The van der Waals surface area contributed by atoms with Gasteiger partial charge >= 0.3 is 0 Å². The van der Waals surface area contributed by atoms with Crippen molar-refractivity contribution in [2.75, 3.05) is 26.8 Å². The predicted octanol–water partition coefficient (Wildman–Crippen LogP) is 3.55. The SMILES string of the molecule is CCCCNC(=NCc1ccc(OCC(=O)NCC)c(OC)c1)NCc1ccc(C)cc1. The van der Waals surface area contributed by atoms with E-state index in [1.54, 1.807) is 7.11 Å². The second-order valence-corrected chi connectivity index (χ2v) is 7.51. The molecule has 0 unspecified atom stereocenters. The van der Waals surface area contributed by atoms with E-state index in [1.807, 2.05) is 25.1 Å². The van der Waals surface area contributed by atoms with Gasteiger partial charge in [-0.05, 0) is 43.5 Å². The van der Waals surface area contributed by atoms with Gasteiger partial charge in [0.05, 0.1) is 13.7 Å². The number of nitrogens with zero attached hydrogens (tertiary/aromatic N) is 1. The van der Waals surface area contributed by atoms with Crippen molar-refractivity contribution in [3.63, 3.8) is 0 Å². The number of methoxy groups -OCH3 is 1. The largest absolute Gasteiger partial charge is 0.493 e. The quantitative estimate of drug-likeness (QED) is 0.267. The number of benzene rings is 2. The van der Waals surface area contributed by atoms with Crippen LogP contribution in [0.1, 0.15) is 43.4 Å². The first-order chi connectivity index (χ1) is 15.5. The van der Waals surface area contributed by atoms with Crippen molar-refractivity contribution in [3.8, 4) is 11.5 Å². The Kier molecular flexibility index (Phi) is 10.9. The van der Waals surface area contributed by atoms with Crippen LogP contribution in [-0.4, -0.2) is 38.7 Å². The van der Waals surface area contributed by atoms with Crippen molar-refractivity contribution >= 4 is 11.9 Å². The van der Waals surface area contributed by atoms with Crippen molar-refractivity contribution in [2.24, 2.45) is 4.99 Å². The Morgan fingerprint density at radius 1 is 0.969 bits per heavy atom. The number of rotatable bonds is 12. The Morgan fingerprint density at radius 2 is 1.72 bits per heavy atom. The van der Waals surface area contributed by atoms with Crippen LogP contribution in [0.5, 0.6) is 11.5 Å². The maximum atomic E-state index is 11.6. The van der Waals surface area contributed by atoms with Gasteiger partial charge in [0, 0.05) is 19.6 Å². The summed E-state index contributed by atoms with van der Waals surface area (Å²) in [5.74, 6) is 1.72. The molecule has 2 aromatic rings. The summed E-state index contributed by atoms with van der Waals surface area (Å²) >= 11 is 0. The predicted molar refractivity (Wildman–Crippen MR) is 129 cm³/mol. The van der Waals surface area contributed by atoms with Crippen LogP contribution in [0.3, 0.4) is 0 Å². The monoisotopic (exact) mass is 440 g/mol. The number of amides is 1. The van der Waals surface area contributed by atoms with Crippen molar-refractivity contribution in [1.82, 2.24) is 16.0 Å². The molecule has 0 atom stereocenters. The van der Waals surface area contributed by atoms with Crippen LogP contribution in [0, 0.1) is 6.92 Å². The lowest BCUT2D eigenvalue weighted by Gasteiger charge is -2.14. The molecule has 3 N–H and O–H groups in total. The van der Waals surface area contributed by atoms with Crippen LogP contribution in [0.2, 0.25) is 0 Å². The van der Waals surface area contributed by atoms with Crippen molar-refractivity contribution in [1.29, 1.82) is 0 Å². The van der Waals surface area contributed by atoms with Crippen LogP contribution in [0.25, 0.3) is 0 Å². The zero-order valence-electron chi connectivity index (χ0n) is 19.7. The van der Waals surface area contributed by atoms with Gasteiger partial charge in [-0.1, -0.05) is 49.2 Å². The number of ether oxygens (including phenoxy) is 2. The second kappa shape index (κ2) is 14.0. The van der Waals surface area contributed by atoms with Gasteiger partial charge in [0.15, 0.2) is 24.1 Å². The number of aryl methyl sites for hydroxylation is 1. The molecule has 2 aromatic carbocycles. The summed E-state index contributed by atoms with van der Waals surface area (Å²) in [5.41, 5.74) is 3.44. The molecule has 32 heavy (non-hydrogen) atoms. The molecule has 7 heteroatoms. The molecule has 7 nitrogen and oxygen atoms in total. The first kappa shape index (κ1) is 25.0. The summed E-state index contributed by atoms with van der Waals surface area (Å²) in [6.45, 7) is 8.71. The van der Waals surface area contributed by atoms with Crippen LogP contribution in [-0.2, 0) is 17.9 Å². The molecule has 0 aliphatic heterocycles. The number of guanidine groups is 1. The average molecular weight is 441 g/mol. The van der Waals surface area contributed by atoms with E-state index in [9.17, 15) is 4.79 Å². The van der Waals surface area contributed by atoms with E-state index in [4.69, 9.17) is 14.5 Å². The molecule has 2 rings (SSSR count). The number of aliphatic imine (C=N–C) groups is 1. The number of nitrogens with one attached hydrogen (secondary N) is 3. The summed E-state index contributed by atoms with van der Waals surface area (Å²) in [5, 5.41) is 9.51. The van der Waals surface area contributed by atoms with Gasteiger partial charge in [-0.2, -0.15) is 0 Å². The van der Waals surface area contributed by atoms with E-state index in [0.29, 0.717) is 31.1 Å². The fraction of sp³-hybridized carbons (Fsp3) is 0.440. The Labute approximate surface area is 191 Å². The number of hydrogen-bond donors (Lipinski definition) is 3. The molecule has 174 valence electrons. The molecule has 0 spiro atoms. The lowest BCUT2D eigenvalue weighted by Crippen LogP contribution is -2.37. The number of hydrogen-bond acceptors (Lipinski definition) is 4. The first-order valence-electron chi connectivity index (χ1n) is 11.2. The maximum absolute atomic E-state index is 11.6. The molecule has 0 radical (unpaired) electrons. The highest BCUT2D eigenvalue weighted by Crippen LogP contribution is 2.28. The fourth-order valence-electron chi connectivity index (χ4n) is 2.94. The minimum absolute atomic E-state index is 0.0455. The molecule has 0 heterocycles.